The van der Waals surface area contributed by atoms with Gasteiger partial charge in [0.2, 0.25) is 0 Å². The highest BCUT2D eigenvalue weighted by Crippen LogP contribution is 2.12. The summed E-state index contributed by atoms with van der Waals surface area (Å²) >= 11 is 0. The van der Waals surface area contributed by atoms with Gasteiger partial charge in [-0.3, -0.25) is 9.59 Å². The van der Waals surface area contributed by atoms with Gasteiger partial charge in [-0.25, -0.2) is 4.98 Å². The van der Waals surface area contributed by atoms with Crippen molar-refractivity contribution in [3.8, 4) is 0 Å². The van der Waals surface area contributed by atoms with Crippen molar-refractivity contribution in [2.45, 2.75) is 20.4 Å². The summed E-state index contributed by atoms with van der Waals surface area (Å²) in [6.07, 6.45) is 0. The van der Waals surface area contributed by atoms with Crippen molar-refractivity contribution in [3.63, 3.8) is 0 Å². The van der Waals surface area contributed by atoms with Gasteiger partial charge in [-0.15, -0.1) is 0 Å². The van der Waals surface area contributed by atoms with Crippen LogP contribution < -0.4 is 5.56 Å². The number of benzene rings is 2. The summed E-state index contributed by atoms with van der Waals surface area (Å²) in [6, 6.07) is 12.9. The summed E-state index contributed by atoms with van der Waals surface area (Å²) in [5.74, 6) is 0.372. The average Bonchev–Trinajstić information content (AvgIpc) is 2.53. The molecule has 0 aliphatic rings. The highest BCUT2D eigenvalue weighted by Gasteiger charge is 2.14. The number of aromatic nitrogens is 2. The zero-order valence-corrected chi connectivity index (χ0v) is 14.0. The Hall–Kier alpha value is -2.95. The predicted molar refractivity (Wildman–Crippen MR) is 94.1 cm³/mol. The molecule has 0 radical (unpaired) electrons. The molecule has 5 nitrogen and oxygen atoms in total. The Kier molecular flexibility index (Phi) is 4.16. The fourth-order valence-electron chi connectivity index (χ4n) is 2.82. The van der Waals surface area contributed by atoms with Crippen molar-refractivity contribution in [3.05, 3.63) is 75.3 Å². The lowest BCUT2D eigenvalue weighted by atomic mass is 10.1. The zero-order chi connectivity index (χ0) is 17.3. The van der Waals surface area contributed by atoms with Crippen molar-refractivity contribution in [2.75, 3.05) is 7.05 Å². The molecular weight excluding hydrogens is 302 g/mol. The third-order valence-corrected chi connectivity index (χ3v) is 3.86. The number of hydrogen-bond acceptors (Lipinski definition) is 3. The van der Waals surface area contributed by atoms with Crippen LogP contribution in [-0.4, -0.2) is 27.8 Å². The molecule has 3 aromatic rings. The number of nitrogens with one attached hydrogen (secondary N) is 1. The lowest BCUT2D eigenvalue weighted by molar-refractivity contribution is 0.0781. The maximum Gasteiger partial charge on any atom is 0.258 e. The number of aryl methyl sites for hydroxylation is 2. The first kappa shape index (κ1) is 15.9. The van der Waals surface area contributed by atoms with Crippen LogP contribution in [0, 0.1) is 13.8 Å². The summed E-state index contributed by atoms with van der Waals surface area (Å²) in [6.45, 7) is 4.17. The van der Waals surface area contributed by atoms with E-state index in [1.165, 1.54) is 0 Å². The van der Waals surface area contributed by atoms with Gasteiger partial charge in [0.1, 0.15) is 5.82 Å². The second-order valence-corrected chi connectivity index (χ2v) is 6.07. The van der Waals surface area contributed by atoms with Crippen molar-refractivity contribution < 1.29 is 4.79 Å². The van der Waals surface area contributed by atoms with Gasteiger partial charge < -0.3 is 9.88 Å². The largest absolute Gasteiger partial charge is 0.334 e. The molecule has 5 heteroatoms. The van der Waals surface area contributed by atoms with Crippen LogP contribution in [0.1, 0.15) is 27.3 Å². The summed E-state index contributed by atoms with van der Waals surface area (Å²) in [4.78, 5) is 33.5. The molecule has 0 fully saturated rings. The molecule has 0 aliphatic heterocycles. The highest BCUT2D eigenvalue weighted by atomic mass is 16.2. The third kappa shape index (κ3) is 3.20. The Balaban J connectivity index is 1.87. The fourth-order valence-corrected chi connectivity index (χ4v) is 2.82. The van der Waals surface area contributed by atoms with E-state index in [2.05, 4.69) is 9.97 Å². The van der Waals surface area contributed by atoms with E-state index in [1.807, 2.05) is 38.1 Å². The Labute approximate surface area is 140 Å². The van der Waals surface area contributed by atoms with Gasteiger partial charge in [0.15, 0.2) is 0 Å². The van der Waals surface area contributed by atoms with Gasteiger partial charge in [-0.05, 0) is 38.1 Å². The van der Waals surface area contributed by atoms with Crippen molar-refractivity contribution in [1.82, 2.24) is 14.9 Å². The van der Waals surface area contributed by atoms with Gasteiger partial charge in [0.25, 0.3) is 11.5 Å². The number of fused-ring (bicyclic) bond motifs is 1. The van der Waals surface area contributed by atoms with Crippen molar-refractivity contribution >= 4 is 16.8 Å². The maximum absolute atomic E-state index is 12.6. The van der Waals surface area contributed by atoms with E-state index in [-0.39, 0.29) is 18.0 Å². The molecule has 1 N–H and O–H groups in total. The molecule has 2 aromatic carbocycles. The Morgan fingerprint density at radius 3 is 2.50 bits per heavy atom. The van der Waals surface area contributed by atoms with E-state index in [1.54, 1.807) is 30.1 Å². The third-order valence-electron chi connectivity index (χ3n) is 3.86. The molecule has 0 atom stereocenters. The number of aromatic amines is 1. The van der Waals surface area contributed by atoms with Crippen LogP contribution in [0.5, 0.6) is 0 Å². The molecule has 122 valence electrons. The van der Waals surface area contributed by atoms with Crippen LogP contribution in [0.3, 0.4) is 0 Å². The summed E-state index contributed by atoms with van der Waals surface area (Å²) < 4.78 is 0. The molecule has 0 bridgehead atoms. The summed E-state index contributed by atoms with van der Waals surface area (Å²) in [5, 5.41) is 0.546. The first-order chi connectivity index (χ1) is 11.4. The van der Waals surface area contributed by atoms with Crippen LogP contribution in [0.25, 0.3) is 10.9 Å². The van der Waals surface area contributed by atoms with E-state index in [0.717, 1.165) is 11.1 Å². The first-order valence-corrected chi connectivity index (χ1v) is 7.76. The van der Waals surface area contributed by atoms with Crippen molar-refractivity contribution in [1.29, 1.82) is 0 Å². The van der Waals surface area contributed by atoms with Gasteiger partial charge >= 0.3 is 0 Å². The minimum atomic E-state index is -0.192. The number of para-hydroxylation sites is 1. The molecule has 0 saturated carbocycles. The normalized spacial score (nSPS) is 10.8. The minimum Gasteiger partial charge on any atom is -0.334 e. The number of carbonyl (C=O) groups excluding carboxylic acids is 1. The zero-order valence-electron chi connectivity index (χ0n) is 14.0. The van der Waals surface area contributed by atoms with E-state index in [4.69, 9.17) is 0 Å². The molecule has 0 aliphatic carbocycles. The predicted octanol–water partition coefficient (Wildman–Crippen LogP) is 2.81. The monoisotopic (exact) mass is 321 g/mol. The molecule has 0 saturated heterocycles. The Bertz CT molecular complexity index is 956. The van der Waals surface area contributed by atoms with Gasteiger partial charge in [0, 0.05) is 12.6 Å². The second kappa shape index (κ2) is 6.28. The van der Waals surface area contributed by atoms with Gasteiger partial charge in [-0.2, -0.15) is 0 Å². The minimum absolute atomic E-state index is 0.0994. The molecule has 0 unspecified atom stereocenters. The first-order valence-electron chi connectivity index (χ1n) is 7.76. The van der Waals surface area contributed by atoms with Crippen molar-refractivity contribution in [2.24, 2.45) is 0 Å². The van der Waals surface area contributed by atoms with Crippen LogP contribution >= 0.6 is 0 Å². The molecular formula is C19H19N3O2. The lowest BCUT2D eigenvalue weighted by Crippen LogP contribution is -2.28. The van der Waals surface area contributed by atoms with E-state index in [9.17, 15) is 9.59 Å². The Morgan fingerprint density at radius 1 is 1.12 bits per heavy atom. The van der Waals surface area contributed by atoms with Gasteiger partial charge in [-0.1, -0.05) is 29.3 Å². The Morgan fingerprint density at radius 2 is 1.79 bits per heavy atom. The standard InChI is InChI=1S/C19H19N3O2/c1-12-8-13(2)10-14(9-12)19(24)22(3)11-17-20-16-7-5-4-6-15(16)18(23)21-17/h4-10H,11H2,1-3H3,(H,20,21,23). The topological polar surface area (TPSA) is 66.1 Å². The van der Waals surface area contributed by atoms with Crippen LogP contribution in [0.15, 0.2) is 47.3 Å². The van der Waals surface area contributed by atoms with E-state index in [0.29, 0.717) is 22.3 Å². The molecule has 1 amide bonds. The number of amides is 1. The smallest absolute Gasteiger partial charge is 0.258 e. The molecule has 3 rings (SSSR count). The number of hydrogen-bond donors (Lipinski definition) is 1. The van der Waals surface area contributed by atoms with Gasteiger partial charge in [0.05, 0.1) is 17.4 Å². The highest BCUT2D eigenvalue weighted by molar-refractivity contribution is 5.94. The maximum atomic E-state index is 12.6. The summed E-state index contributed by atoms with van der Waals surface area (Å²) in [7, 11) is 1.70. The average molecular weight is 321 g/mol. The lowest BCUT2D eigenvalue weighted by Gasteiger charge is -2.17. The SMILES string of the molecule is Cc1cc(C)cc(C(=O)N(C)Cc2nc3ccccc3c(=O)[nH]2)c1. The van der Waals surface area contributed by atoms with E-state index < -0.39 is 0 Å². The molecule has 24 heavy (non-hydrogen) atoms. The molecule has 1 heterocycles. The quantitative estimate of drug-likeness (QED) is 0.806. The van der Waals surface area contributed by atoms with Crippen LogP contribution in [0.4, 0.5) is 0 Å². The number of nitrogens with zero attached hydrogens (tertiary/aromatic N) is 2. The van der Waals surface area contributed by atoms with Crippen LogP contribution in [0.2, 0.25) is 0 Å². The van der Waals surface area contributed by atoms with E-state index >= 15 is 0 Å². The number of H-pyrrole nitrogens is 1. The number of carbonyl (C=O) groups is 1. The molecule has 0 spiro atoms. The fraction of sp³-hybridized carbons (Fsp3) is 0.211. The molecule has 1 aromatic heterocycles. The second-order valence-electron chi connectivity index (χ2n) is 6.07. The number of rotatable bonds is 3. The summed E-state index contributed by atoms with van der Waals surface area (Å²) in [5.41, 5.74) is 3.16. The van der Waals surface area contributed by atoms with Crippen LogP contribution in [-0.2, 0) is 6.54 Å².